The number of amides is 1. The lowest BCUT2D eigenvalue weighted by atomic mass is 10.1. The molecule has 1 unspecified atom stereocenters. The summed E-state index contributed by atoms with van der Waals surface area (Å²) in [6.07, 6.45) is 0.286. The molecule has 0 saturated carbocycles. The van der Waals surface area contributed by atoms with Crippen LogP contribution in [0, 0.1) is 5.92 Å². The number of ether oxygens (including phenoxy) is 3. The smallest absolute Gasteiger partial charge is 0.224 e. The van der Waals surface area contributed by atoms with Crippen LogP contribution in [0.4, 0.5) is 0 Å². The molecule has 1 N–H and O–H groups in total. The number of nitrogens with one attached hydrogen (secondary N) is 1. The minimum absolute atomic E-state index is 0.0373. The van der Waals surface area contributed by atoms with Gasteiger partial charge < -0.3 is 19.5 Å². The highest BCUT2D eigenvalue weighted by Gasteiger charge is 2.22. The highest BCUT2D eigenvalue weighted by Crippen LogP contribution is 2.38. The van der Waals surface area contributed by atoms with Gasteiger partial charge in [0.1, 0.15) is 13.2 Å². The van der Waals surface area contributed by atoms with Crippen LogP contribution in [0.15, 0.2) is 12.1 Å². The Bertz CT molecular complexity index is 638. The number of morpholine rings is 1. The summed E-state index contributed by atoms with van der Waals surface area (Å²) < 4.78 is 16.8. The van der Waals surface area contributed by atoms with Crippen molar-refractivity contribution in [3.63, 3.8) is 0 Å². The van der Waals surface area contributed by atoms with Crippen LogP contribution in [0.5, 0.6) is 11.5 Å². The van der Waals surface area contributed by atoms with E-state index >= 15 is 0 Å². The maximum atomic E-state index is 12.3. The maximum Gasteiger partial charge on any atom is 0.224 e. The molecule has 0 spiro atoms. The molecule has 2 heterocycles. The van der Waals surface area contributed by atoms with E-state index in [-0.39, 0.29) is 18.4 Å². The second-order valence-corrected chi connectivity index (χ2v) is 7.64. The Balaban J connectivity index is 1.49. The molecule has 0 aromatic heterocycles. The molecule has 3 rings (SSSR count). The van der Waals surface area contributed by atoms with Gasteiger partial charge >= 0.3 is 0 Å². The number of nitrogens with zero attached hydrogens (tertiary/aromatic N) is 1. The molecule has 1 aromatic carbocycles. The number of benzene rings is 1. The molecule has 1 saturated heterocycles. The maximum absolute atomic E-state index is 12.3. The normalized spacial score (nSPS) is 20.2. The van der Waals surface area contributed by atoms with E-state index in [1.807, 2.05) is 6.07 Å². The SMILES string of the molecule is CC(C)CN1CCOC(CNC(=O)Cc2cc(Cl)c3c(c2)OCCO3)C1. The fraction of sp³-hybridized carbons (Fsp3) is 0.632. The van der Waals surface area contributed by atoms with Gasteiger partial charge in [0.25, 0.3) is 0 Å². The van der Waals surface area contributed by atoms with Crippen molar-refractivity contribution in [2.75, 3.05) is 46.0 Å². The minimum atomic E-state index is -0.0534. The van der Waals surface area contributed by atoms with Gasteiger partial charge in [-0.1, -0.05) is 25.4 Å². The average molecular weight is 383 g/mol. The van der Waals surface area contributed by atoms with Crippen LogP contribution in [0.25, 0.3) is 0 Å². The van der Waals surface area contributed by atoms with Crippen molar-refractivity contribution in [3.05, 3.63) is 22.7 Å². The molecule has 6 nitrogen and oxygen atoms in total. The first kappa shape index (κ1) is 19.3. The van der Waals surface area contributed by atoms with Crippen molar-refractivity contribution in [2.45, 2.75) is 26.4 Å². The molecule has 26 heavy (non-hydrogen) atoms. The van der Waals surface area contributed by atoms with Gasteiger partial charge in [0.2, 0.25) is 5.91 Å². The van der Waals surface area contributed by atoms with Gasteiger partial charge in [0, 0.05) is 26.2 Å². The zero-order valence-corrected chi connectivity index (χ0v) is 16.2. The lowest BCUT2D eigenvalue weighted by Crippen LogP contribution is -2.48. The van der Waals surface area contributed by atoms with Crippen molar-refractivity contribution in [1.29, 1.82) is 0 Å². The van der Waals surface area contributed by atoms with Crippen molar-refractivity contribution >= 4 is 17.5 Å². The van der Waals surface area contributed by atoms with E-state index in [0.29, 0.717) is 48.8 Å². The number of halogens is 1. The Hall–Kier alpha value is -1.50. The molecule has 2 aliphatic rings. The Labute approximate surface area is 159 Å². The van der Waals surface area contributed by atoms with Gasteiger partial charge in [0.15, 0.2) is 11.5 Å². The Morgan fingerprint density at radius 3 is 2.92 bits per heavy atom. The van der Waals surface area contributed by atoms with E-state index in [0.717, 1.165) is 25.2 Å². The van der Waals surface area contributed by atoms with Crippen molar-refractivity contribution in [2.24, 2.45) is 5.92 Å². The van der Waals surface area contributed by atoms with E-state index in [2.05, 4.69) is 24.1 Å². The van der Waals surface area contributed by atoms with Crippen LogP contribution in [0.3, 0.4) is 0 Å². The zero-order chi connectivity index (χ0) is 18.5. The van der Waals surface area contributed by atoms with E-state index in [9.17, 15) is 4.79 Å². The lowest BCUT2D eigenvalue weighted by Gasteiger charge is -2.34. The van der Waals surface area contributed by atoms with Gasteiger partial charge in [-0.2, -0.15) is 0 Å². The van der Waals surface area contributed by atoms with Crippen LogP contribution < -0.4 is 14.8 Å². The van der Waals surface area contributed by atoms with Gasteiger partial charge in [0.05, 0.1) is 24.2 Å². The Kier molecular flexibility index (Phi) is 6.62. The van der Waals surface area contributed by atoms with Crippen molar-refractivity contribution in [3.8, 4) is 11.5 Å². The fourth-order valence-electron chi connectivity index (χ4n) is 3.33. The summed E-state index contributed by atoms with van der Waals surface area (Å²) in [6, 6.07) is 3.58. The highest BCUT2D eigenvalue weighted by atomic mass is 35.5. The predicted octanol–water partition coefficient (Wildman–Crippen LogP) is 2.13. The predicted molar refractivity (Wildman–Crippen MR) is 100 cm³/mol. The lowest BCUT2D eigenvalue weighted by molar-refractivity contribution is -0.121. The molecule has 7 heteroatoms. The average Bonchev–Trinajstić information content (AvgIpc) is 2.60. The van der Waals surface area contributed by atoms with Crippen LogP contribution in [0.2, 0.25) is 5.02 Å². The summed E-state index contributed by atoms with van der Waals surface area (Å²) in [5, 5.41) is 3.45. The van der Waals surface area contributed by atoms with E-state index in [1.54, 1.807) is 6.07 Å². The van der Waals surface area contributed by atoms with Gasteiger partial charge in [-0.05, 0) is 23.6 Å². The molecule has 2 aliphatic heterocycles. The van der Waals surface area contributed by atoms with Gasteiger partial charge in [-0.15, -0.1) is 0 Å². The third-order valence-electron chi connectivity index (χ3n) is 4.39. The largest absolute Gasteiger partial charge is 0.486 e. The highest BCUT2D eigenvalue weighted by molar-refractivity contribution is 6.32. The first-order valence-electron chi connectivity index (χ1n) is 9.20. The number of hydrogen-bond acceptors (Lipinski definition) is 5. The molecule has 144 valence electrons. The second kappa shape index (κ2) is 8.93. The number of rotatable bonds is 6. The summed E-state index contributed by atoms with van der Waals surface area (Å²) >= 11 is 6.22. The zero-order valence-electron chi connectivity index (χ0n) is 15.4. The Morgan fingerprint density at radius 2 is 2.12 bits per heavy atom. The first-order valence-corrected chi connectivity index (χ1v) is 9.57. The summed E-state index contributed by atoms with van der Waals surface area (Å²) in [5.41, 5.74) is 0.808. The van der Waals surface area contributed by atoms with Gasteiger partial charge in [-0.3, -0.25) is 9.69 Å². The van der Waals surface area contributed by atoms with Crippen LogP contribution in [0.1, 0.15) is 19.4 Å². The fourth-order valence-corrected chi connectivity index (χ4v) is 3.62. The molecule has 1 amide bonds. The van der Waals surface area contributed by atoms with Crippen LogP contribution >= 0.6 is 11.6 Å². The van der Waals surface area contributed by atoms with E-state index in [4.69, 9.17) is 25.8 Å². The number of hydrogen-bond donors (Lipinski definition) is 1. The topological polar surface area (TPSA) is 60.0 Å². The quantitative estimate of drug-likeness (QED) is 0.816. The third-order valence-corrected chi connectivity index (χ3v) is 4.68. The monoisotopic (exact) mass is 382 g/mol. The molecule has 0 radical (unpaired) electrons. The summed E-state index contributed by atoms with van der Waals surface area (Å²) in [6.45, 7) is 9.51. The standard InChI is InChI=1S/C19H27ClN2O4/c1-13(2)11-22-3-4-24-15(12-22)10-21-18(23)9-14-7-16(20)19-17(8-14)25-5-6-26-19/h7-8,13,15H,3-6,9-12H2,1-2H3,(H,21,23). The van der Waals surface area contributed by atoms with Crippen LogP contribution in [-0.2, 0) is 16.0 Å². The summed E-state index contributed by atoms with van der Waals surface area (Å²) in [7, 11) is 0. The first-order chi connectivity index (χ1) is 12.5. The minimum Gasteiger partial charge on any atom is -0.486 e. The molecule has 1 aromatic rings. The molecule has 0 bridgehead atoms. The molecular formula is C19H27ClN2O4. The van der Waals surface area contributed by atoms with E-state index < -0.39 is 0 Å². The summed E-state index contributed by atoms with van der Waals surface area (Å²) in [4.78, 5) is 14.7. The Morgan fingerprint density at radius 1 is 1.31 bits per heavy atom. The molecule has 0 aliphatic carbocycles. The van der Waals surface area contributed by atoms with Crippen molar-refractivity contribution < 1.29 is 19.0 Å². The third kappa shape index (κ3) is 5.25. The van der Waals surface area contributed by atoms with Crippen LogP contribution in [-0.4, -0.2) is 62.9 Å². The summed E-state index contributed by atoms with van der Waals surface area (Å²) in [5.74, 6) is 1.74. The molecule has 1 fully saturated rings. The number of carbonyl (C=O) groups excluding carboxylic acids is 1. The molecular weight excluding hydrogens is 356 g/mol. The van der Waals surface area contributed by atoms with Crippen molar-refractivity contribution in [1.82, 2.24) is 10.2 Å². The number of fused-ring (bicyclic) bond motifs is 1. The number of carbonyl (C=O) groups is 1. The van der Waals surface area contributed by atoms with E-state index in [1.165, 1.54) is 0 Å². The van der Waals surface area contributed by atoms with Gasteiger partial charge in [-0.25, -0.2) is 0 Å². The second-order valence-electron chi connectivity index (χ2n) is 7.23. The molecule has 1 atom stereocenters.